The number of aromatic nitrogens is 2. The molecular formula is C20H19ClF2N4O. The molecule has 146 valence electrons. The van der Waals surface area contributed by atoms with Crippen molar-refractivity contribution in [2.75, 3.05) is 32.7 Å². The van der Waals surface area contributed by atoms with Gasteiger partial charge in [-0.05, 0) is 30.2 Å². The zero-order valence-corrected chi connectivity index (χ0v) is 15.9. The van der Waals surface area contributed by atoms with Crippen LogP contribution in [-0.4, -0.2) is 58.0 Å². The van der Waals surface area contributed by atoms with Gasteiger partial charge in [-0.3, -0.25) is 9.69 Å². The molecule has 1 saturated heterocycles. The Labute approximate surface area is 166 Å². The number of halogens is 3. The van der Waals surface area contributed by atoms with Crippen LogP contribution in [-0.2, 0) is 6.42 Å². The van der Waals surface area contributed by atoms with E-state index < -0.39 is 11.6 Å². The lowest BCUT2D eigenvalue weighted by Gasteiger charge is -2.34. The lowest BCUT2D eigenvalue weighted by molar-refractivity contribution is 0.0640. The number of hydrogen-bond donors (Lipinski definition) is 0. The molecular weight excluding hydrogens is 386 g/mol. The van der Waals surface area contributed by atoms with E-state index in [0.29, 0.717) is 55.3 Å². The van der Waals surface area contributed by atoms with Gasteiger partial charge in [0.15, 0.2) is 0 Å². The van der Waals surface area contributed by atoms with Crippen molar-refractivity contribution in [1.82, 2.24) is 19.4 Å². The zero-order chi connectivity index (χ0) is 19.7. The summed E-state index contributed by atoms with van der Waals surface area (Å²) in [5, 5.41) is 4.76. The SMILES string of the molecule is O=C(c1cnn2cc(Cl)ccc12)N1CCN(CCc2ccc(F)cc2F)CC1. The Morgan fingerprint density at radius 1 is 1.11 bits per heavy atom. The summed E-state index contributed by atoms with van der Waals surface area (Å²) in [5.41, 5.74) is 1.78. The van der Waals surface area contributed by atoms with Crippen molar-refractivity contribution >= 4 is 23.0 Å². The van der Waals surface area contributed by atoms with E-state index in [1.165, 1.54) is 12.1 Å². The molecule has 1 aliphatic rings. The number of carbonyl (C=O) groups is 1. The molecule has 0 bridgehead atoms. The fourth-order valence-corrected chi connectivity index (χ4v) is 3.63. The number of nitrogens with zero attached hydrogens (tertiary/aromatic N) is 4. The summed E-state index contributed by atoms with van der Waals surface area (Å²) in [5.74, 6) is -1.13. The zero-order valence-electron chi connectivity index (χ0n) is 15.1. The van der Waals surface area contributed by atoms with E-state index in [2.05, 4.69) is 10.00 Å². The van der Waals surface area contributed by atoms with E-state index in [0.717, 1.165) is 11.6 Å². The van der Waals surface area contributed by atoms with Gasteiger partial charge in [-0.25, -0.2) is 13.3 Å². The first-order chi connectivity index (χ1) is 13.5. The molecule has 0 N–H and O–H groups in total. The predicted octanol–water partition coefficient (Wildman–Crippen LogP) is 3.27. The van der Waals surface area contributed by atoms with Crippen LogP contribution >= 0.6 is 11.6 Å². The standard InChI is InChI=1S/C20H19ClF2N4O/c21-15-2-4-19-17(12-24-27(19)13-15)20(28)26-9-7-25(8-10-26)6-5-14-1-3-16(22)11-18(14)23/h1-4,11-13H,5-10H2. The maximum absolute atomic E-state index is 13.8. The van der Waals surface area contributed by atoms with Crippen LogP contribution in [0, 0.1) is 11.6 Å². The van der Waals surface area contributed by atoms with Crippen LogP contribution in [0.15, 0.2) is 42.7 Å². The highest BCUT2D eigenvalue weighted by Crippen LogP contribution is 2.18. The van der Waals surface area contributed by atoms with Gasteiger partial charge >= 0.3 is 0 Å². The van der Waals surface area contributed by atoms with E-state index in [4.69, 9.17) is 11.6 Å². The van der Waals surface area contributed by atoms with Gasteiger partial charge in [0, 0.05) is 45.0 Å². The highest BCUT2D eigenvalue weighted by Gasteiger charge is 2.24. The average molecular weight is 405 g/mol. The molecule has 5 nitrogen and oxygen atoms in total. The average Bonchev–Trinajstić information content (AvgIpc) is 3.10. The van der Waals surface area contributed by atoms with E-state index in [-0.39, 0.29) is 5.91 Å². The van der Waals surface area contributed by atoms with Gasteiger partial charge < -0.3 is 4.90 Å². The van der Waals surface area contributed by atoms with Crippen LogP contribution in [0.5, 0.6) is 0 Å². The molecule has 0 atom stereocenters. The summed E-state index contributed by atoms with van der Waals surface area (Å²) in [6, 6.07) is 7.20. The summed E-state index contributed by atoms with van der Waals surface area (Å²) in [7, 11) is 0. The number of piperazine rings is 1. The van der Waals surface area contributed by atoms with Crippen molar-refractivity contribution < 1.29 is 13.6 Å². The molecule has 1 fully saturated rings. The molecule has 2 aromatic heterocycles. The van der Waals surface area contributed by atoms with E-state index in [1.54, 1.807) is 33.9 Å². The minimum absolute atomic E-state index is 0.0541. The number of carbonyl (C=O) groups excluding carboxylic acids is 1. The normalized spacial score (nSPS) is 15.3. The van der Waals surface area contributed by atoms with Crippen LogP contribution in [0.4, 0.5) is 8.78 Å². The summed E-state index contributed by atoms with van der Waals surface area (Å²) in [6.07, 6.45) is 3.74. The van der Waals surface area contributed by atoms with Crippen LogP contribution in [0.1, 0.15) is 15.9 Å². The lowest BCUT2D eigenvalue weighted by atomic mass is 10.1. The Morgan fingerprint density at radius 3 is 2.64 bits per heavy atom. The van der Waals surface area contributed by atoms with E-state index in [1.807, 2.05) is 0 Å². The van der Waals surface area contributed by atoms with Crippen LogP contribution < -0.4 is 0 Å². The largest absolute Gasteiger partial charge is 0.336 e. The highest BCUT2D eigenvalue weighted by atomic mass is 35.5. The predicted molar refractivity (Wildman–Crippen MR) is 103 cm³/mol. The van der Waals surface area contributed by atoms with E-state index in [9.17, 15) is 13.6 Å². The lowest BCUT2D eigenvalue weighted by Crippen LogP contribution is -2.49. The molecule has 0 saturated carbocycles. The highest BCUT2D eigenvalue weighted by molar-refractivity contribution is 6.30. The summed E-state index contributed by atoms with van der Waals surface area (Å²) in [6.45, 7) is 3.27. The number of benzene rings is 1. The molecule has 3 aromatic rings. The van der Waals surface area contributed by atoms with Gasteiger partial charge in [-0.15, -0.1) is 0 Å². The molecule has 1 aliphatic heterocycles. The Balaban J connectivity index is 1.35. The van der Waals surface area contributed by atoms with Gasteiger partial charge in [-0.2, -0.15) is 5.10 Å². The fraction of sp³-hybridized carbons (Fsp3) is 0.300. The number of pyridine rings is 1. The molecule has 3 heterocycles. The van der Waals surface area contributed by atoms with E-state index >= 15 is 0 Å². The summed E-state index contributed by atoms with van der Waals surface area (Å²) < 4.78 is 28.3. The van der Waals surface area contributed by atoms with Crippen molar-refractivity contribution in [3.8, 4) is 0 Å². The molecule has 8 heteroatoms. The summed E-state index contributed by atoms with van der Waals surface area (Å²) in [4.78, 5) is 16.8. The molecule has 0 radical (unpaired) electrons. The second-order valence-corrected chi connectivity index (χ2v) is 7.29. The number of amides is 1. The smallest absolute Gasteiger partial charge is 0.257 e. The number of hydrogen-bond acceptors (Lipinski definition) is 3. The van der Waals surface area contributed by atoms with Crippen LogP contribution in [0.3, 0.4) is 0 Å². The summed E-state index contributed by atoms with van der Waals surface area (Å²) >= 11 is 5.96. The molecule has 0 unspecified atom stereocenters. The minimum atomic E-state index is -0.566. The maximum Gasteiger partial charge on any atom is 0.257 e. The Kier molecular flexibility index (Phi) is 5.28. The van der Waals surface area contributed by atoms with Gasteiger partial charge in [0.25, 0.3) is 5.91 Å². The molecule has 0 aliphatic carbocycles. The van der Waals surface area contributed by atoms with Crippen molar-refractivity contribution in [2.24, 2.45) is 0 Å². The van der Waals surface area contributed by atoms with Crippen LogP contribution in [0.2, 0.25) is 5.02 Å². The maximum atomic E-state index is 13.8. The van der Waals surface area contributed by atoms with Crippen molar-refractivity contribution in [3.63, 3.8) is 0 Å². The third-order valence-corrected chi connectivity index (χ3v) is 5.31. The molecule has 28 heavy (non-hydrogen) atoms. The van der Waals surface area contributed by atoms with Crippen LogP contribution in [0.25, 0.3) is 5.52 Å². The first kappa shape index (κ1) is 18.8. The van der Waals surface area contributed by atoms with Gasteiger partial charge in [0.05, 0.1) is 22.3 Å². The monoisotopic (exact) mass is 404 g/mol. The molecule has 0 spiro atoms. The van der Waals surface area contributed by atoms with Gasteiger partial charge in [0.2, 0.25) is 0 Å². The Hall–Kier alpha value is -2.51. The third kappa shape index (κ3) is 3.86. The Morgan fingerprint density at radius 2 is 1.89 bits per heavy atom. The van der Waals surface area contributed by atoms with Gasteiger partial charge in [-0.1, -0.05) is 17.7 Å². The third-order valence-electron chi connectivity index (χ3n) is 5.08. The fourth-order valence-electron chi connectivity index (χ4n) is 3.47. The topological polar surface area (TPSA) is 40.9 Å². The first-order valence-corrected chi connectivity index (χ1v) is 9.47. The first-order valence-electron chi connectivity index (χ1n) is 9.10. The van der Waals surface area contributed by atoms with Gasteiger partial charge in [0.1, 0.15) is 11.6 Å². The molecule has 1 aromatic carbocycles. The molecule has 1 amide bonds. The second kappa shape index (κ2) is 7.85. The van der Waals surface area contributed by atoms with Crippen molar-refractivity contribution in [2.45, 2.75) is 6.42 Å². The van der Waals surface area contributed by atoms with Crippen molar-refractivity contribution in [3.05, 3.63) is 70.5 Å². The quantitative estimate of drug-likeness (QED) is 0.670. The molecule has 4 rings (SSSR count). The Bertz CT molecular complexity index is 1010. The van der Waals surface area contributed by atoms with Crippen molar-refractivity contribution in [1.29, 1.82) is 0 Å². The number of rotatable bonds is 4. The minimum Gasteiger partial charge on any atom is -0.336 e. The second-order valence-electron chi connectivity index (χ2n) is 6.85. The number of fused-ring (bicyclic) bond motifs is 1.